The molecule has 0 bridgehead atoms. The summed E-state index contributed by atoms with van der Waals surface area (Å²) in [5, 5.41) is 11.0. The van der Waals surface area contributed by atoms with Crippen LogP contribution in [0.5, 0.6) is 0 Å². The van der Waals surface area contributed by atoms with Gasteiger partial charge in [0.1, 0.15) is 0 Å². The molecule has 5 heteroatoms. The summed E-state index contributed by atoms with van der Waals surface area (Å²) in [6, 6.07) is 0. The number of fused-ring (bicyclic) bond motifs is 1. The Morgan fingerprint density at radius 2 is 2.50 bits per heavy atom. The van der Waals surface area contributed by atoms with Gasteiger partial charge in [0.05, 0.1) is 11.6 Å². The van der Waals surface area contributed by atoms with E-state index in [4.69, 9.17) is 5.11 Å². The molecule has 0 spiro atoms. The second-order valence-corrected chi connectivity index (χ2v) is 4.73. The van der Waals surface area contributed by atoms with Crippen LogP contribution in [0.25, 0.3) is 4.96 Å². The van der Waals surface area contributed by atoms with Gasteiger partial charge in [0, 0.05) is 24.2 Å². The average Bonchev–Trinajstić information content (AvgIpc) is 2.76. The van der Waals surface area contributed by atoms with Crippen LogP contribution in [0.2, 0.25) is 0 Å². The van der Waals surface area contributed by atoms with Gasteiger partial charge in [-0.15, -0.1) is 11.3 Å². The standard InChI is InChI=1S/C11H14N2O2S/c1-2-3-8(10(14)15)6-9-7-13-4-5-16-11(13)12-9/h4-5,7-8H,2-3,6H2,1H3,(H,14,15). The zero-order valence-electron chi connectivity index (χ0n) is 9.09. The van der Waals surface area contributed by atoms with Crippen LogP contribution in [0.15, 0.2) is 17.8 Å². The summed E-state index contributed by atoms with van der Waals surface area (Å²) < 4.78 is 1.94. The minimum absolute atomic E-state index is 0.311. The molecule has 86 valence electrons. The molecule has 0 saturated heterocycles. The third-order valence-electron chi connectivity index (χ3n) is 2.59. The highest BCUT2D eigenvalue weighted by molar-refractivity contribution is 7.15. The number of aliphatic carboxylic acids is 1. The fourth-order valence-electron chi connectivity index (χ4n) is 1.79. The molecule has 0 fully saturated rings. The van der Waals surface area contributed by atoms with Gasteiger partial charge >= 0.3 is 5.97 Å². The molecule has 4 nitrogen and oxygen atoms in total. The van der Waals surface area contributed by atoms with Crippen molar-refractivity contribution in [2.75, 3.05) is 0 Å². The molecular formula is C11H14N2O2S. The van der Waals surface area contributed by atoms with Crippen LogP contribution in [0.4, 0.5) is 0 Å². The molecule has 2 rings (SSSR count). The monoisotopic (exact) mass is 238 g/mol. The third-order valence-corrected chi connectivity index (χ3v) is 3.36. The van der Waals surface area contributed by atoms with Crippen molar-refractivity contribution in [2.45, 2.75) is 26.2 Å². The molecule has 0 saturated carbocycles. The van der Waals surface area contributed by atoms with Crippen molar-refractivity contribution in [3.8, 4) is 0 Å². The van der Waals surface area contributed by atoms with E-state index in [1.54, 1.807) is 11.3 Å². The number of nitrogens with zero attached hydrogens (tertiary/aromatic N) is 2. The number of thiazole rings is 1. The first-order chi connectivity index (χ1) is 7.70. The van der Waals surface area contributed by atoms with Gasteiger partial charge in [0.2, 0.25) is 0 Å². The molecular weight excluding hydrogens is 224 g/mol. The Balaban J connectivity index is 2.13. The molecule has 0 radical (unpaired) electrons. The number of imidazole rings is 1. The Hall–Kier alpha value is -1.36. The SMILES string of the molecule is CCCC(Cc1cn2ccsc2n1)C(=O)O. The maximum absolute atomic E-state index is 11.0. The lowest BCUT2D eigenvalue weighted by atomic mass is 9.99. The predicted molar refractivity (Wildman–Crippen MR) is 62.8 cm³/mol. The minimum Gasteiger partial charge on any atom is -0.481 e. The van der Waals surface area contributed by atoms with Crippen LogP contribution in [-0.2, 0) is 11.2 Å². The van der Waals surface area contributed by atoms with Gasteiger partial charge in [0.15, 0.2) is 4.96 Å². The smallest absolute Gasteiger partial charge is 0.306 e. The highest BCUT2D eigenvalue weighted by Gasteiger charge is 2.18. The first-order valence-corrected chi connectivity index (χ1v) is 6.22. The van der Waals surface area contributed by atoms with Crippen LogP contribution in [0.1, 0.15) is 25.5 Å². The van der Waals surface area contributed by atoms with Crippen LogP contribution in [-0.4, -0.2) is 20.5 Å². The topological polar surface area (TPSA) is 54.6 Å². The summed E-state index contributed by atoms with van der Waals surface area (Å²) in [5.41, 5.74) is 0.868. The molecule has 0 aliphatic heterocycles. The van der Waals surface area contributed by atoms with E-state index in [2.05, 4.69) is 4.98 Å². The summed E-state index contributed by atoms with van der Waals surface area (Å²) in [6.07, 6.45) is 5.97. The van der Waals surface area contributed by atoms with E-state index >= 15 is 0 Å². The molecule has 0 amide bonds. The largest absolute Gasteiger partial charge is 0.481 e. The molecule has 1 unspecified atom stereocenters. The van der Waals surface area contributed by atoms with Gasteiger partial charge in [0.25, 0.3) is 0 Å². The number of rotatable bonds is 5. The predicted octanol–water partition coefficient (Wildman–Crippen LogP) is 2.44. The summed E-state index contributed by atoms with van der Waals surface area (Å²) >= 11 is 1.56. The highest BCUT2D eigenvalue weighted by Crippen LogP contribution is 2.17. The summed E-state index contributed by atoms with van der Waals surface area (Å²) in [6.45, 7) is 2.00. The van der Waals surface area contributed by atoms with Gasteiger partial charge in [-0.05, 0) is 6.42 Å². The summed E-state index contributed by atoms with van der Waals surface area (Å²) in [7, 11) is 0. The maximum Gasteiger partial charge on any atom is 0.306 e. The van der Waals surface area contributed by atoms with Gasteiger partial charge < -0.3 is 5.11 Å². The van der Waals surface area contributed by atoms with E-state index in [-0.39, 0.29) is 5.92 Å². The molecule has 0 aromatic carbocycles. The third kappa shape index (κ3) is 2.24. The fraction of sp³-hybridized carbons (Fsp3) is 0.455. The summed E-state index contributed by atoms with van der Waals surface area (Å²) in [5.74, 6) is -1.03. The molecule has 0 aliphatic carbocycles. The van der Waals surface area contributed by atoms with Gasteiger partial charge in [-0.1, -0.05) is 13.3 Å². The Kier molecular flexibility index (Phi) is 3.24. The van der Waals surface area contributed by atoms with Gasteiger partial charge in [-0.2, -0.15) is 0 Å². The minimum atomic E-state index is -0.724. The lowest BCUT2D eigenvalue weighted by Gasteiger charge is -2.08. The van der Waals surface area contributed by atoms with E-state index in [0.717, 1.165) is 17.1 Å². The van der Waals surface area contributed by atoms with Crippen molar-refractivity contribution in [3.05, 3.63) is 23.5 Å². The molecule has 0 aliphatic rings. The Morgan fingerprint density at radius 1 is 1.69 bits per heavy atom. The lowest BCUT2D eigenvalue weighted by molar-refractivity contribution is -0.141. The second-order valence-electron chi connectivity index (χ2n) is 3.85. The van der Waals surface area contributed by atoms with Crippen molar-refractivity contribution in [2.24, 2.45) is 5.92 Å². The second kappa shape index (κ2) is 4.65. The molecule has 1 atom stereocenters. The quantitative estimate of drug-likeness (QED) is 0.870. The number of hydrogen-bond acceptors (Lipinski definition) is 3. The fourth-order valence-corrected chi connectivity index (χ4v) is 2.51. The van der Waals surface area contributed by atoms with Crippen LogP contribution in [0.3, 0.4) is 0 Å². The van der Waals surface area contributed by atoms with Crippen molar-refractivity contribution in [1.29, 1.82) is 0 Å². The zero-order valence-corrected chi connectivity index (χ0v) is 9.91. The molecule has 2 aromatic heterocycles. The van der Waals surface area contributed by atoms with Gasteiger partial charge in [-0.3, -0.25) is 9.20 Å². The summed E-state index contributed by atoms with van der Waals surface area (Å²) in [4.78, 5) is 16.3. The van der Waals surface area contributed by atoms with Gasteiger partial charge in [-0.25, -0.2) is 4.98 Å². The van der Waals surface area contributed by atoms with Crippen molar-refractivity contribution >= 4 is 22.3 Å². The molecule has 2 aromatic rings. The Labute approximate surface area is 97.6 Å². The normalized spacial score (nSPS) is 13.1. The Bertz CT molecular complexity index is 460. The number of hydrogen-bond donors (Lipinski definition) is 1. The molecule has 2 heterocycles. The zero-order chi connectivity index (χ0) is 11.5. The number of carboxylic acid groups (broad SMARTS) is 1. The molecule has 1 N–H and O–H groups in total. The van der Waals surface area contributed by atoms with Crippen LogP contribution in [0, 0.1) is 5.92 Å². The van der Waals surface area contributed by atoms with E-state index in [1.165, 1.54) is 0 Å². The Morgan fingerprint density at radius 3 is 3.12 bits per heavy atom. The number of aromatic nitrogens is 2. The maximum atomic E-state index is 11.0. The first kappa shape index (κ1) is 11.1. The number of carbonyl (C=O) groups is 1. The van der Waals surface area contributed by atoms with E-state index in [0.29, 0.717) is 12.8 Å². The van der Waals surface area contributed by atoms with Crippen molar-refractivity contribution in [3.63, 3.8) is 0 Å². The lowest BCUT2D eigenvalue weighted by Crippen LogP contribution is -2.16. The van der Waals surface area contributed by atoms with E-state index < -0.39 is 5.97 Å². The highest BCUT2D eigenvalue weighted by atomic mass is 32.1. The van der Waals surface area contributed by atoms with Crippen molar-refractivity contribution < 1.29 is 9.90 Å². The first-order valence-electron chi connectivity index (χ1n) is 5.34. The molecule has 16 heavy (non-hydrogen) atoms. The van der Waals surface area contributed by atoms with E-state index in [9.17, 15) is 4.79 Å². The van der Waals surface area contributed by atoms with Crippen LogP contribution >= 0.6 is 11.3 Å². The van der Waals surface area contributed by atoms with Crippen molar-refractivity contribution in [1.82, 2.24) is 9.38 Å². The average molecular weight is 238 g/mol. The van der Waals surface area contributed by atoms with Crippen LogP contribution < -0.4 is 0 Å². The number of carboxylic acids is 1. The van der Waals surface area contributed by atoms with E-state index in [1.807, 2.05) is 29.1 Å².